The number of nitrogens with zero attached hydrogens (tertiary/aromatic N) is 2. The number of hydrogen-bond acceptors (Lipinski definition) is 4. The molecule has 2 aliphatic heterocycles. The number of carbonyl (C=O) groups is 2. The Morgan fingerprint density at radius 2 is 1.56 bits per heavy atom. The van der Waals surface area contributed by atoms with E-state index in [0.29, 0.717) is 39.1 Å². The molecule has 0 unspecified atom stereocenters. The molecule has 0 radical (unpaired) electrons. The van der Waals surface area contributed by atoms with E-state index in [1.165, 1.54) is 4.90 Å². The molecular formula is C11H18N2O5. The van der Waals surface area contributed by atoms with Crippen LogP contribution in [0.2, 0.25) is 0 Å². The average molecular weight is 258 g/mol. The van der Waals surface area contributed by atoms with Crippen LogP contribution in [0.3, 0.4) is 0 Å². The van der Waals surface area contributed by atoms with Crippen LogP contribution in [-0.2, 0) is 9.53 Å². The van der Waals surface area contributed by atoms with Gasteiger partial charge in [-0.05, 0) is 12.8 Å². The SMILES string of the molecule is O=C(O)N1CCC(C(=O)O)(N2CCOCC2)CC1. The summed E-state index contributed by atoms with van der Waals surface area (Å²) in [5.74, 6) is -0.852. The molecule has 7 nitrogen and oxygen atoms in total. The minimum Gasteiger partial charge on any atom is -0.480 e. The molecular weight excluding hydrogens is 240 g/mol. The van der Waals surface area contributed by atoms with Crippen LogP contribution in [0.1, 0.15) is 12.8 Å². The molecule has 0 bridgehead atoms. The Hall–Kier alpha value is -1.34. The number of likely N-dealkylation sites (tertiary alicyclic amines) is 1. The van der Waals surface area contributed by atoms with Gasteiger partial charge >= 0.3 is 12.1 Å². The van der Waals surface area contributed by atoms with Crippen LogP contribution in [0.4, 0.5) is 4.79 Å². The molecule has 2 rings (SSSR count). The molecule has 0 aliphatic carbocycles. The van der Waals surface area contributed by atoms with Crippen molar-refractivity contribution in [2.24, 2.45) is 0 Å². The number of rotatable bonds is 2. The summed E-state index contributed by atoms with van der Waals surface area (Å²) in [7, 11) is 0. The quantitative estimate of drug-likeness (QED) is 0.719. The zero-order valence-corrected chi connectivity index (χ0v) is 10.2. The van der Waals surface area contributed by atoms with Gasteiger partial charge in [0, 0.05) is 26.2 Å². The first kappa shape index (κ1) is 13.1. The first-order valence-electron chi connectivity index (χ1n) is 6.10. The van der Waals surface area contributed by atoms with Gasteiger partial charge in [0.2, 0.25) is 0 Å². The fourth-order valence-corrected chi connectivity index (χ4v) is 2.72. The minimum atomic E-state index is -0.976. The number of aliphatic carboxylic acids is 1. The Morgan fingerprint density at radius 3 is 2.00 bits per heavy atom. The second-order valence-electron chi connectivity index (χ2n) is 4.71. The molecule has 0 saturated carbocycles. The van der Waals surface area contributed by atoms with Crippen molar-refractivity contribution in [1.82, 2.24) is 9.80 Å². The first-order chi connectivity index (χ1) is 8.56. The predicted molar refractivity (Wildman–Crippen MR) is 61.6 cm³/mol. The van der Waals surface area contributed by atoms with Gasteiger partial charge in [0.25, 0.3) is 0 Å². The summed E-state index contributed by atoms with van der Waals surface area (Å²) in [5.41, 5.74) is -0.921. The van der Waals surface area contributed by atoms with Gasteiger partial charge in [-0.25, -0.2) is 4.79 Å². The van der Waals surface area contributed by atoms with Gasteiger partial charge in [-0.15, -0.1) is 0 Å². The molecule has 102 valence electrons. The fourth-order valence-electron chi connectivity index (χ4n) is 2.72. The second-order valence-corrected chi connectivity index (χ2v) is 4.71. The third-order valence-corrected chi connectivity index (χ3v) is 3.88. The molecule has 2 N–H and O–H groups in total. The number of morpholine rings is 1. The number of hydrogen-bond donors (Lipinski definition) is 2. The molecule has 0 atom stereocenters. The van der Waals surface area contributed by atoms with E-state index in [4.69, 9.17) is 9.84 Å². The number of amides is 1. The molecule has 2 heterocycles. The highest BCUT2D eigenvalue weighted by molar-refractivity contribution is 5.79. The summed E-state index contributed by atoms with van der Waals surface area (Å²) < 4.78 is 5.24. The fraction of sp³-hybridized carbons (Fsp3) is 0.818. The van der Waals surface area contributed by atoms with Crippen LogP contribution < -0.4 is 0 Å². The molecule has 7 heteroatoms. The van der Waals surface area contributed by atoms with Gasteiger partial charge in [0.15, 0.2) is 0 Å². The van der Waals surface area contributed by atoms with Crippen molar-refractivity contribution in [3.63, 3.8) is 0 Å². The van der Waals surface area contributed by atoms with Crippen molar-refractivity contribution in [3.05, 3.63) is 0 Å². The monoisotopic (exact) mass is 258 g/mol. The number of carboxylic acid groups (broad SMARTS) is 2. The normalized spacial score (nSPS) is 24.8. The number of ether oxygens (including phenoxy) is 1. The Kier molecular flexibility index (Phi) is 3.72. The zero-order chi connectivity index (χ0) is 13.2. The van der Waals surface area contributed by atoms with Gasteiger partial charge in [0.05, 0.1) is 13.2 Å². The third-order valence-electron chi connectivity index (χ3n) is 3.88. The van der Waals surface area contributed by atoms with Gasteiger partial charge < -0.3 is 19.8 Å². The van der Waals surface area contributed by atoms with E-state index in [-0.39, 0.29) is 13.1 Å². The molecule has 2 saturated heterocycles. The maximum absolute atomic E-state index is 11.6. The average Bonchev–Trinajstić information content (AvgIpc) is 2.39. The lowest BCUT2D eigenvalue weighted by atomic mass is 9.85. The van der Waals surface area contributed by atoms with Gasteiger partial charge in [-0.3, -0.25) is 9.69 Å². The number of piperidine rings is 1. The third kappa shape index (κ3) is 2.28. The van der Waals surface area contributed by atoms with E-state index >= 15 is 0 Å². The van der Waals surface area contributed by atoms with E-state index in [1.54, 1.807) is 0 Å². The summed E-state index contributed by atoms with van der Waals surface area (Å²) in [4.78, 5) is 25.7. The van der Waals surface area contributed by atoms with Gasteiger partial charge in [-0.2, -0.15) is 0 Å². The highest BCUT2D eigenvalue weighted by Gasteiger charge is 2.47. The first-order valence-corrected chi connectivity index (χ1v) is 6.10. The second kappa shape index (κ2) is 5.11. The molecule has 18 heavy (non-hydrogen) atoms. The van der Waals surface area contributed by atoms with Crippen molar-refractivity contribution in [1.29, 1.82) is 0 Å². The topological polar surface area (TPSA) is 90.3 Å². The highest BCUT2D eigenvalue weighted by Crippen LogP contribution is 2.30. The molecule has 2 fully saturated rings. The standard InChI is InChI=1S/C11H18N2O5/c14-9(15)11(13-5-7-18-8-6-13)1-3-12(4-2-11)10(16)17/h1-8H2,(H,14,15)(H,16,17). The van der Waals surface area contributed by atoms with Crippen molar-refractivity contribution in [2.75, 3.05) is 39.4 Å². The lowest BCUT2D eigenvalue weighted by molar-refractivity contribution is -0.159. The molecule has 0 aromatic carbocycles. The van der Waals surface area contributed by atoms with Gasteiger partial charge in [-0.1, -0.05) is 0 Å². The smallest absolute Gasteiger partial charge is 0.407 e. The molecule has 0 aromatic heterocycles. The Bertz CT molecular complexity index is 332. The van der Waals surface area contributed by atoms with Crippen LogP contribution >= 0.6 is 0 Å². The van der Waals surface area contributed by atoms with E-state index < -0.39 is 17.6 Å². The van der Waals surface area contributed by atoms with Gasteiger partial charge in [0.1, 0.15) is 5.54 Å². The lowest BCUT2D eigenvalue weighted by Crippen LogP contribution is -2.62. The summed E-state index contributed by atoms with van der Waals surface area (Å²) in [6, 6.07) is 0. The summed E-state index contributed by atoms with van der Waals surface area (Å²) in [6.07, 6.45) is -0.292. The summed E-state index contributed by atoms with van der Waals surface area (Å²) in [6.45, 7) is 2.83. The number of carboxylic acids is 1. The lowest BCUT2D eigenvalue weighted by Gasteiger charge is -2.46. The summed E-state index contributed by atoms with van der Waals surface area (Å²) in [5, 5.41) is 18.4. The summed E-state index contributed by atoms with van der Waals surface area (Å²) >= 11 is 0. The highest BCUT2D eigenvalue weighted by atomic mass is 16.5. The van der Waals surface area contributed by atoms with Crippen molar-refractivity contribution in [2.45, 2.75) is 18.4 Å². The van der Waals surface area contributed by atoms with Crippen LogP contribution in [0.5, 0.6) is 0 Å². The predicted octanol–water partition coefficient (Wildman–Crippen LogP) is -0.0842. The Labute approximate surface area is 105 Å². The Balaban J connectivity index is 2.09. The molecule has 0 spiro atoms. The largest absolute Gasteiger partial charge is 0.480 e. The van der Waals surface area contributed by atoms with Crippen molar-refractivity contribution in [3.8, 4) is 0 Å². The van der Waals surface area contributed by atoms with E-state index in [9.17, 15) is 14.7 Å². The maximum atomic E-state index is 11.6. The van der Waals surface area contributed by atoms with Crippen LogP contribution in [0.25, 0.3) is 0 Å². The van der Waals surface area contributed by atoms with Crippen LogP contribution in [0, 0.1) is 0 Å². The molecule has 1 amide bonds. The van der Waals surface area contributed by atoms with Crippen molar-refractivity contribution < 1.29 is 24.5 Å². The van der Waals surface area contributed by atoms with Crippen LogP contribution in [0.15, 0.2) is 0 Å². The Morgan fingerprint density at radius 1 is 1.00 bits per heavy atom. The van der Waals surface area contributed by atoms with E-state index in [1.807, 2.05) is 4.90 Å². The van der Waals surface area contributed by atoms with E-state index in [0.717, 1.165) is 0 Å². The van der Waals surface area contributed by atoms with Crippen molar-refractivity contribution >= 4 is 12.1 Å². The minimum absolute atomic E-state index is 0.277. The molecule has 0 aromatic rings. The zero-order valence-electron chi connectivity index (χ0n) is 10.2. The maximum Gasteiger partial charge on any atom is 0.407 e. The van der Waals surface area contributed by atoms with E-state index in [2.05, 4.69) is 0 Å². The molecule has 2 aliphatic rings. The van der Waals surface area contributed by atoms with Crippen LogP contribution in [-0.4, -0.2) is 77.0 Å².